The Morgan fingerprint density at radius 1 is 1.10 bits per heavy atom. The third-order valence-electron chi connectivity index (χ3n) is 5.63. The highest BCUT2D eigenvalue weighted by Gasteiger charge is 2.32. The minimum absolute atomic E-state index is 0.0170. The number of fused-ring (bicyclic) bond motifs is 1. The fourth-order valence-corrected chi connectivity index (χ4v) is 5.38. The van der Waals surface area contributed by atoms with E-state index in [9.17, 15) is 13.2 Å². The molecule has 8 heteroatoms. The molecular formula is C22H26N4O3S. The second kappa shape index (κ2) is 8.97. The van der Waals surface area contributed by atoms with Crippen LogP contribution in [0.15, 0.2) is 66.1 Å². The molecule has 158 valence electrons. The summed E-state index contributed by atoms with van der Waals surface area (Å²) in [6, 6.07) is 12.9. The predicted molar refractivity (Wildman–Crippen MR) is 115 cm³/mol. The van der Waals surface area contributed by atoms with Crippen LogP contribution in [0.2, 0.25) is 0 Å². The number of hydrogen-bond acceptors (Lipinski definition) is 4. The monoisotopic (exact) mass is 426 g/mol. The number of nitrogens with one attached hydrogen (secondary N) is 1. The number of carbonyl (C=O) groups is 1. The summed E-state index contributed by atoms with van der Waals surface area (Å²) in [5.74, 6) is -0.121. The van der Waals surface area contributed by atoms with Gasteiger partial charge in [-0.2, -0.15) is 4.31 Å². The molecule has 1 aliphatic rings. The number of imidazole rings is 1. The average Bonchev–Trinajstić information content (AvgIpc) is 3.30. The Bertz CT molecular complexity index is 1100. The summed E-state index contributed by atoms with van der Waals surface area (Å²) in [5, 5.41) is 4.90. The van der Waals surface area contributed by atoms with E-state index >= 15 is 0 Å². The number of amides is 1. The molecule has 0 atom stereocenters. The first-order chi connectivity index (χ1) is 14.5. The number of sulfonamides is 1. The summed E-state index contributed by atoms with van der Waals surface area (Å²) in [5.41, 5.74) is 0. The fraction of sp³-hybridized carbons (Fsp3) is 0.364. The number of benzene rings is 2. The van der Waals surface area contributed by atoms with Crippen molar-refractivity contribution in [3.05, 3.63) is 61.2 Å². The number of piperidine rings is 1. The van der Waals surface area contributed by atoms with E-state index in [2.05, 4.69) is 10.3 Å². The molecule has 1 saturated heterocycles. The van der Waals surface area contributed by atoms with Crippen molar-refractivity contribution < 1.29 is 13.2 Å². The van der Waals surface area contributed by atoms with Gasteiger partial charge in [-0.1, -0.05) is 30.3 Å². The first kappa shape index (κ1) is 20.6. The van der Waals surface area contributed by atoms with Crippen molar-refractivity contribution in [3.8, 4) is 0 Å². The lowest BCUT2D eigenvalue weighted by atomic mass is 9.97. The molecule has 7 nitrogen and oxygen atoms in total. The lowest BCUT2D eigenvalue weighted by Crippen LogP contribution is -2.43. The highest BCUT2D eigenvalue weighted by Crippen LogP contribution is 2.26. The highest BCUT2D eigenvalue weighted by atomic mass is 32.2. The van der Waals surface area contributed by atoms with Crippen molar-refractivity contribution in [1.82, 2.24) is 19.2 Å². The van der Waals surface area contributed by atoms with E-state index in [1.54, 1.807) is 24.7 Å². The summed E-state index contributed by atoms with van der Waals surface area (Å²) in [6.45, 7) is 2.14. The third kappa shape index (κ3) is 4.55. The van der Waals surface area contributed by atoms with E-state index in [0.717, 1.165) is 23.7 Å². The van der Waals surface area contributed by atoms with Crippen LogP contribution in [0.3, 0.4) is 0 Å². The molecule has 0 saturated carbocycles. The van der Waals surface area contributed by atoms with Crippen LogP contribution >= 0.6 is 0 Å². The van der Waals surface area contributed by atoms with E-state index in [0.29, 0.717) is 37.4 Å². The summed E-state index contributed by atoms with van der Waals surface area (Å²) in [6.07, 6.45) is 7.30. The van der Waals surface area contributed by atoms with Crippen LogP contribution in [0.4, 0.5) is 0 Å². The van der Waals surface area contributed by atoms with Gasteiger partial charge in [0.1, 0.15) is 0 Å². The van der Waals surface area contributed by atoms with E-state index < -0.39 is 10.0 Å². The van der Waals surface area contributed by atoms with Crippen LogP contribution in [-0.2, 0) is 21.4 Å². The molecule has 3 aromatic rings. The Hall–Kier alpha value is -2.71. The topological polar surface area (TPSA) is 84.3 Å². The van der Waals surface area contributed by atoms with Gasteiger partial charge in [0.15, 0.2) is 0 Å². The van der Waals surface area contributed by atoms with Gasteiger partial charge in [0.25, 0.3) is 0 Å². The van der Waals surface area contributed by atoms with Crippen molar-refractivity contribution >= 4 is 26.7 Å². The van der Waals surface area contributed by atoms with Gasteiger partial charge in [-0.15, -0.1) is 0 Å². The predicted octanol–water partition coefficient (Wildman–Crippen LogP) is 2.64. The van der Waals surface area contributed by atoms with Crippen molar-refractivity contribution in [2.24, 2.45) is 5.92 Å². The zero-order chi connectivity index (χ0) is 21.0. The van der Waals surface area contributed by atoms with Crippen LogP contribution in [0, 0.1) is 5.92 Å². The largest absolute Gasteiger partial charge is 0.356 e. The standard InChI is InChI=1S/C22H26N4O3S/c27-22(24-10-3-12-25-15-11-23-17-25)19-8-13-26(14-9-19)30(28,29)21-7-6-18-4-1-2-5-20(18)16-21/h1-2,4-7,11,15-17,19H,3,8-10,12-14H2,(H,24,27). The molecule has 2 aromatic carbocycles. The van der Waals surface area contributed by atoms with E-state index in [1.165, 1.54) is 4.31 Å². The van der Waals surface area contributed by atoms with Crippen molar-refractivity contribution in [2.45, 2.75) is 30.7 Å². The van der Waals surface area contributed by atoms with Gasteiger partial charge in [0.2, 0.25) is 15.9 Å². The zero-order valence-electron chi connectivity index (χ0n) is 16.8. The maximum atomic E-state index is 13.0. The summed E-state index contributed by atoms with van der Waals surface area (Å²) in [4.78, 5) is 16.7. The average molecular weight is 427 g/mol. The SMILES string of the molecule is O=C(NCCCn1ccnc1)C1CCN(S(=O)(=O)c2ccc3ccccc3c2)CC1. The molecule has 0 radical (unpaired) electrons. The smallest absolute Gasteiger partial charge is 0.243 e. The Morgan fingerprint density at radius 2 is 1.87 bits per heavy atom. The molecule has 0 bridgehead atoms. The summed E-state index contributed by atoms with van der Waals surface area (Å²) in [7, 11) is -3.56. The Kier molecular flexibility index (Phi) is 6.15. The van der Waals surface area contributed by atoms with Gasteiger partial charge in [0.05, 0.1) is 11.2 Å². The Balaban J connectivity index is 1.30. The van der Waals surface area contributed by atoms with Gasteiger partial charge >= 0.3 is 0 Å². The molecule has 0 spiro atoms. The quantitative estimate of drug-likeness (QED) is 0.589. The summed E-state index contributed by atoms with van der Waals surface area (Å²) >= 11 is 0. The molecule has 30 heavy (non-hydrogen) atoms. The van der Waals surface area contributed by atoms with Crippen LogP contribution in [0.5, 0.6) is 0 Å². The number of nitrogens with zero attached hydrogens (tertiary/aromatic N) is 3. The number of carbonyl (C=O) groups excluding carboxylic acids is 1. The second-order valence-corrected chi connectivity index (χ2v) is 9.57. The molecule has 4 rings (SSSR count). The normalized spacial score (nSPS) is 16.0. The molecule has 1 aromatic heterocycles. The highest BCUT2D eigenvalue weighted by molar-refractivity contribution is 7.89. The van der Waals surface area contributed by atoms with Gasteiger partial charge < -0.3 is 9.88 Å². The Labute approximate surface area is 176 Å². The van der Waals surface area contributed by atoms with E-state index in [1.807, 2.05) is 41.1 Å². The number of aromatic nitrogens is 2. The molecule has 1 aliphatic heterocycles. The molecule has 1 N–H and O–H groups in total. The molecule has 0 aliphatic carbocycles. The van der Waals surface area contributed by atoms with Crippen LogP contribution in [0.1, 0.15) is 19.3 Å². The van der Waals surface area contributed by atoms with Crippen LogP contribution in [0.25, 0.3) is 10.8 Å². The first-order valence-corrected chi connectivity index (χ1v) is 11.7. The molecule has 0 unspecified atom stereocenters. The van der Waals surface area contributed by atoms with Crippen molar-refractivity contribution in [3.63, 3.8) is 0 Å². The van der Waals surface area contributed by atoms with Crippen molar-refractivity contribution in [1.29, 1.82) is 0 Å². The zero-order valence-corrected chi connectivity index (χ0v) is 17.6. The van der Waals surface area contributed by atoms with Gasteiger partial charge in [-0.05, 0) is 42.2 Å². The van der Waals surface area contributed by atoms with Gasteiger partial charge in [-0.3, -0.25) is 4.79 Å². The molecule has 1 fully saturated rings. The van der Waals surface area contributed by atoms with E-state index in [-0.39, 0.29) is 11.8 Å². The second-order valence-electron chi connectivity index (χ2n) is 7.63. The first-order valence-electron chi connectivity index (χ1n) is 10.3. The number of rotatable bonds is 7. The molecular weight excluding hydrogens is 400 g/mol. The maximum absolute atomic E-state index is 13.0. The lowest BCUT2D eigenvalue weighted by molar-refractivity contribution is -0.126. The lowest BCUT2D eigenvalue weighted by Gasteiger charge is -2.30. The fourth-order valence-electron chi connectivity index (χ4n) is 3.87. The van der Waals surface area contributed by atoms with Crippen LogP contribution in [-0.4, -0.2) is 47.8 Å². The van der Waals surface area contributed by atoms with Gasteiger partial charge in [0, 0.05) is 44.5 Å². The maximum Gasteiger partial charge on any atom is 0.243 e. The molecule has 1 amide bonds. The van der Waals surface area contributed by atoms with E-state index in [4.69, 9.17) is 0 Å². The molecule has 2 heterocycles. The Morgan fingerprint density at radius 3 is 2.60 bits per heavy atom. The third-order valence-corrected chi connectivity index (χ3v) is 7.53. The minimum atomic E-state index is -3.56. The number of hydrogen-bond donors (Lipinski definition) is 1. The van der Waals surface area contributed by atoms with Crippen molar-refractivity contribution in [2.75, 3.05) is 19.6 Å². The summed E-state index contributed by atoms with van der Waals surface area (Å²) < 4.78 is 29.6. The van der Waals surface area contributed by atoms with Gasteiger partial charge in [-0.25, -0.2) is 13.4 Å². The number of aryl methyl sites for hydroxylation is 1. The minimum Gasteiger partial charge on any atom is -0.356 e. The van der Waals surface area contributed by atoms with Crippen LogP contribution < -0.4 is 5.32 Å².